The molecule has 2 aromatic heterocycles. The van der Waals surface area contributed by atoms with Gasteiger partial charge in [-0.1, -0.05) is 18.2 Å². The van der Waals surface area contributed by atoms with Crippen molar-refractivity contribution >= 4 is 23.4 Å². The van der Waals surface area contributed by atoms with Gasteiger partial charge in [0.15, 0.2) is 0 Å². The topological polar surface area (TPSA) is 88.5 Å². The van der Waals surface area contributed by atoms with E-state index in [1.807, 2.05) is 17.2 Å². The molecule has 0 spiro atoms. The third kappa shape index (κ3) is 2.61. The smallest absolute Gasteiger partial charge is 0.209 e. The minimum Gasteiger partial charge on any atom is -0.382 e. The number of benzene rings is 1. The van der Waals surface area contributed by atoms with Crippen molar-refractivity contribution in [1.82, 2.24) is 19.3 Å². The number of anilines is 2. The zero-order chi connectivity index (χ0) is 18.4. The summed E-state index contributed by atoms with van der Waals surface area (Å²) in [6, 6.07) is 8.45. The minimum atomic E-state index is 0.0905. The van der Waals surface area contributed by atoms with Crippen LogP contribution in [0.3, 0.4) is 0 Å². The van der Waals surface area contributed by atoms with Gasteiger partial charge in [-0.25, -0.2) is 9.97 Å². The Kier molecular flexibility index (Phi) is 3.74. The predicted molar refractivity (Wildman–Crippen MR) is 104 cm³/mol. The fourth-order valence-electron chi connectivity index (χ4n) is 4.37. The van der Waals surface area contributed by atoms with Crippen LogP contribution in [0.4, 0.5) is 11.5 Å². The van der Waals surface area contributed by atoms with Crippen LogP contribution in [0.25, 0.3) is 5.52 Å². The van der Waals surface area contributed by atoms with Gasteiger partial charge < -0.3 is 16.0 Å². The molecule has 0 bridgehead atoms. The first-order valence-corrected chi connectivity index (χ1v) is 9.40. The number of imidazole rings is 1. The molecule has 2 aliphatic heterocycles. The lowest BCUT2D eigenvalue weighted by atomic mass is 9.96. The first-order chi connectivity index (χ1) is 13.2. The van der Waals surface area contributed by atoms with Crippen molar-refractivity contribution in [2.75, 3.05) is 24.1 Å². The first kappa shape index (κ1) is 16.1. The van der Waals surface area contributed by atoms with E-state index >= 15 is 0 Å². The van der Waals surface area contributed by atoms with Crippen molar-refractivity contribution in [2.45, 2.75) is 31.2 Å². The van der Waals surface area contributed by atoms with Gasteiger partial charge in [0.1, 0.15) is 17.2 Å². The van der Waals surface area contributed by atoms with Crippen molar-refractivity contribution in [3.63, 3.8) is 0 Å². The Hall–Kier alpha value is -3.09. The van der Waals surface area contributed by atoms with E-state index < -0.39 is 0 Å². The summed E-state index contributed by atoms with van der Waals surface area (Å²) in [5, 5.41) is 3.59. The van der Waals surface area contributed by atoms with Crippen LogP contribution in [0.2, 0.25) is 0 Å². The minimum absolute atomic E-state index is 0.0905. The fraction of sp³-hybridized carbons (Fsp3) is 0.350. The molecule has 0 saturated carbocycles. The molecule has 138 valence electrons. The maximum Gasteiger partial charge on any atom is 0.209 e. The number of carbonyl (C=O) groups excluding carboxylic acids is 1. The zero-order valence-corrected chi connectivity index (χ0v) is 15.0. The van der Waals surface area contributed by atoms with Crippen molar-refractivity contribution in [1.29, 1.82) is 0 Å². The van der Waals surface area contributed by atoms with Crippen LogP contribution in [0.15, 0.2) is 36.7 Å². The second-order valence-electron chi connectivity index (χ2n) is 7.36. The highest BCUT2D eigenvalue weighted by Crippen LogP contribution is 2.38. The Balaban J connectivity index is 1.55. The highest BCUT2D eigenvalue weighted by Gasteiger charge is 2.30. The van der Waals surface area contributed by atoms with Gasteiger partial charge >= 0.3 is 0 Å². The van der Waals surface area contributed by atoms with Gasteiger partial charge in [-0.3, -0.25) is 9.20 Å². The molecule has 2 aliphatic rings. The number of likely N-dealkylation sites (tertiary alicyclic amines) is 1. The Labute approximate surface area is 157 Å². The van der Waals surface area contributed by atoms with Crippen LogP contribution in [-0.2, 0) is 11.2 Å². The van der Waals surface area contributed by atoms with Gasteiger partial charge in [-0.05, 0) is 24.5 Å². The van der Waals surface area contributed by atoms with Crippen LogP contribution in [0.1, 0.15) is 41.9 Å². The van der Waals surface area contributed by atoms with E-state index in [4.69, 9.17) is 10.7 Å². The molecule has 1 atom stereocenters. The summed E-state index contributed by atoms with van der Waals surface area (Å²) < 4.78 is 2.10. The number of nitrogens with one attached hydrogen (secondary N) is 1. The van der Waals surface area contributed by atoms with Gasteiger partial charge in [0, 0.05) is 43.5 Å². The lowest BCUT2D eigenvalue weighted by Crippen LogP contribution is -2.32. The summed E-state index contributed by atoms with van der Waals surface area (Å²) in [7, 11) is 0. The molecule has 1 saturated heterocycles. The second kappa shape index (κ2) is 6.26. The van der Waals surface area contributed by atoms with E-state index in [0.29, 0.717) is 11.7 Å². The Morgan fingerprint density at radius 3 is 2.81 bits per heavy atom. The maximum atomic E-state index is 11.0. The van der Waals surface area contributed by atoms with Crippen LogP contribution in [-0.4, -0.2) is 38.8 Å². The lowest BCUT2D eigenvalue weighted by Gasteiger charge is -2.28. The van der Waals surface area contributed by atoms with Gasteiger partial charge in [-0.2, -0.15) is 0 Å². The van der Waals surface area contributed by atoms with E-state index in [1.165, 1.54) is 5.56 Å². The molecule has 7 nitrogen and oxygen atoms in total. The Morgan fingerprint density at radius 2 is 2.04 bits per heavy atom. The van der Waals surface area contributed by atoms with Gasteiger partial charge in [0.2, 0.25) is 6.41 Å². The molecule has 0 radical (unpaired) electrons. The molecular weight excluding hydrogens is 340 g/mol. The number of nitrogens with two attached hydrogens (primary N) is 1. The number of piperidine rings is 1. The maximum absolute atomic E-state index is 11.0. The SMILES string of the molecule is Nc1nccn2c(C3CCN(C=O)CC3)nc(C3Cc4ccccc4N3)c12. The fourth-order valence-corrected chi connectivity index (χ4v) is 4.37. The molecule has 27 heavy (non-hydrogen) atoms. The predicted octanol–water partition coefficient (Wildman–Crippen LogP) is 2.36. The van der Waals surface area contributed by atoms with Crippen LogP contribution in [0.5, 0.6) is 0 Å². The Bertz CT molecular complexity index is 980. The molecule has 7 heteroatoms. The van der Waals surface area contributed by atoms with E-state index in [-0.39, 0.29) is 6.04 Å². The second-order valence-corrected chi connectivity index (χ2v) is 7.36. The van der Waals surface area contributed by atoms with E-state index in [9.17, 15) is 4.79 Å². The highest BCUT2D eigenvalue weighted by atomic mass is 16.1. The summed E-state index contributed by atoms with van der Waals surface area (Å²) in [6.07, 6.45) is 7.34. The third-order valence-corrected chi connectivity index (χ3v) is 5.78. The van der Waals surface area contributed by atoms with Crippen molar-refractivity contribution in [3.8, 4) is 0 Å². The molecule has 0 aliphatic carbocycles. The van der Waals surface area contributed by atoms with Crippen molar-refractivity contribution in [2.24, 2.45) is 0 Å². The molecule has 4 heterocycles. The molecule has 1 aromatic carbocycles. The molecule has 3 N–H and O–H groups in total. The highest BCUT2D eigenvalue weighted by molar-refractivity contribution is 5.72. The number of carbonyl (C=O) groups is 1. The number of rotatable bonds is 3. The van der Waals surface area contributed by atoms with Crippen LogP contribution in [0, 0.1) is 0 Å². The molecule has 1 amide bonds. The summed E-state index contributed by atoms with van der Waals surface area (Å²) in [5.41, 5.74) is 10.6. The number of hydrogen-bond acceptors (Lipinski definition) is 5. The summed E-state index contributed by atoms with van der Waals surface area (Å²) in [6.45, 7) is 1.54. The molecule has 5 rings (SSSR count). The molecular formula is C20H22N6O. The summed E-state index contributed by atoms with van der Waals surface area (Å²) in [5.74, 6) is 1.85. The number of fused-ring (bicyclic) bond motifs is 2. The Morgan fingerprint density at radius 1 is 1.22 bits per heavy atom. The molecule has 1 unspecified atom stereocenters. The monoisotopic (exact) mass is 362 g/mol. The number of nitrogens with zero attached hydrogens (tertiary/aromatic N) is 4. The van der Waals surface area contributed by atoms with Crippen LogP contribution < -0.4 is 11.1 Å². The quantitative estimate of drug-likeness (QED) is 0.698. The largest absolute Gasteiger partial charge is 0.382 e. The first-order valence-electron chi connectivity index (χ1n) is 9.40. The summed E-state index contributed by atoms with van der Waals surface area (Å²) in [4.78, 5) is 22.2. The number of para-hydroxylation sites is 1. The normalized spacial score (nSPS) is 19.9. The number of nitrogen functional groups attached to an aromatic ring is 1. The van der Waals surface area contributed by atoms with Gasteiger partial charge in [0.25, 0.3) is 0 Å². The van der Waals surface area contributed by atoms with E-state index in [2.05, 4.69) is 32.9 Å². The summed E-state index contributed by atoms with van der Waals surface area (Å²) >= 11 is 0. The average Bonchev–Trinajstić information content (AvgIpc) is 3.30. The van der Waals surface area contributed by atoms with E-state index in [0.717, 1.165) is 61.5 Å². The molecule has 3 aromatic rings. The third-order valence-electron chi connectivity index (χ3n) is 5.78. The number of hydrogen-bond donors (Lipinski definition) is 2. The lowest BCUT2D eigenvalue weighted by molar-refractivity contribution is -0.119. The van der Waals surface area contributed by atoms with E-state index in [1.54, 1.807) is 6.20 Å². The molecule has 1 fully saturated rings. The van der Waals surface area contributed by atoms with Crippen LogP contribution >= 0.6 is 0 Å². The zero-order valence-electron chi connectivity index (χ0n) is 15.0. The van der Waals surface area contributed by atoms with Gasteiger partial charge in [0.05, 0.1) is 11.7 Å². The van der Waals surface area contributed by atoms with Crippen molar-refractivity contribution in [3.05, 3.63) is 53.7 Å². The van der Waals surface area contributed by atoms with Crippen molar-refractivity contribution < 1.29 is 4.79 Å². The number of aromatic nitrogens is 3. The standard InChI is InChI=1S/C20H22N6O/c21-19-18-17(16-11-14-3-1-2-4-15(14)23-16)24-20(26(18)10-7-22-19)13-5-8-25(12-27)9-6-13/h1-4,7,10,12-13,16,23H,5-6,8-9,11H2,(H2,21,22). The number of amides is 1. The average molecular weight is 362 g/mol. The van der Waals surface area contributed by atoms with Gasteiger partial charge in [-0.15, -0.1) is 0 Å².